The van der Waals surface area contributed by atoms with Gasteiger partial charge in [-0.05, 0) is 68.2 Å². The zero-order chi connectivity index (χ0) is 11.9. The fourth-order valence-corrected chi connectivity index (χ4v) is 5.63. The Kier molecular flexibility index (Phi) is 2.92. The van der Waals surface area contributed by atoms with Gasteiger partial charge >= 0.3 is 0 Å². The summed E-state index contributed by atoms with van der Waals surface area (Å²) in [6.07, 6.45) is 9.72. The molecule has 0 amide bonds. The molecule has 4 aliphatic carbocycles. The van der Waals surface area contributed by atoms with Gasteiger partial charge in [-0.15, -0.1) is 11.3 Å². The van der Waals surface area contributed by atoms with Gasteiger partial charge in [0.2, 0.25) is 0 Å². The van der Waals surface area contributed by atoms with Crippen molar-refractivity contribution in [3.05, 3.63) is 16.6 Å². The highest BCUT2D eigenvalue weighted by atomic mass is 32.1. The van der Waals surface area contributed by atoms with Crippen LogP contribution < -0.4 is 5.32 Å². The third-order valence-electron chi connectivity index (χ3n) is 5.58. The molecule has 1 heterocycles. The lowest BCUT2D eigenvalue weighted by molar-refractivity contribution is -0.0355. The van der Waals surface area contributed by atoms with Crippen LogP contribution >= 0.6 is 11.3 Å². The number of hydrogen-bond donors (Lipinski definition) is 1. The van der Waals surface area contributed by atoms with Gasteiger partial charge in [0.25, 0.3) is 0 Å². The van der Waals surface area contributed by atoms with Crippen LogP contribution in [0.25, 0.3) is 0 Å². The van der Waals surface area contributed by atoms with Crippen molar-refractivity contribution in [2.45, 2.75) is 38.6 Å². The van der Waals surface area contributed by atoms with Crippen LogP contribution in [0.1, 0.15) is 37.0 Å². The molecule has 1 N–H and O–H groups in total. The molecule has 0 unspecified atom stereocenters. The molecule has 0 aliphatic heterocycles. The standard InChI is InChI=1S/C15H22N2S/c1-10-2-12-4-11(1)5-13(3-10)15(12)8-16-6-14-7-17-9-18-14/h7,9-13,15-16H,1-6,8H2. The van der Waals surface area contributed by atoms with E-state index in [-0.39, 0.29) is 0 Å². The molecule has 0 aromatic carbocycles. The first-order chi connectivity index (χ1) is 8.88. The molecular weight excluding hydrogens is 240 g/mol. The van der Waals surface area contributed by atoms with E-state index in [9.17, 15) is 0 Å². The second-order valence-corrected chi connectivity index (χ2v) is 7.66. The Morgan fingerprint density at radius 2 is 1.83 bits per heavy atom. The topological polar surface area (TPSA) is 24.9 Å². The summed E-state index contributed by atoms with van der Waals surface area (Å²) in [6, 6.07) is 0. The first-order valence-corrected chi connectivity index (χ1v) is 8.34. The van der Waals surface area contributed by atoms with Crippen LogP contribution in [-0.4, -0.2) is 11.5 Å². The van der Waals surface area contributed by atoms with Crippen molar-refractivity contribution in [2.75, 3.05) is 6.54 Å². The van der Waals surface area contributed by atoms with E-state index >= 15 is 0 Å². The summed E-state index contributed by atoms with van der Waals surface area (Å²) in [7, 11) is 0. The Hall–Kier alpha value is -0.410. The smallest absolute Gasteiger partial charge is 0.0794 e. The maximum absolute atomic E-state index is 4.14. The van der Waals surface area contributed by atoms with E-state index < -0.39 is 0 Å². The van der Waals surface area contributed by atoms with E-state index in [2.05, 4.69) is 10.3 Å². The first-order valence-electron chi connectivity index (χ1n) is 7.46. The maximum Gasteiger partial charge on any atom is 0.0794 e. The second kappa shape index (κ2) is 4.61. The Balaban J connectivity index is 1.35. The number of hydrogen-bond acceptors (Lipinski definition) is 3. The van der Waals surface area contributed by atoms with Gasteiger partial charge < -0.3 is 5.32 Å². The number of aromatic nitrogens is 1. The van der Waals surface area contributed by atoms with Crippen molar-refractivity contribution in [3.63, 3.8) is 0 Å². The van der Waals surface area contributed by atoms with Crippen LogP contribution in [0.3, 0.4) is 0 Å². The van der Waals surface area contributed by atoms with Crippen LogP contribution in [0.2, 0.25) is 0 Å². The van der Waals surface area contributed by atoms with Crippen LogP contribution in [0.15, 0.2) is 11.7 Å². The Labute approximate surface area is 113 Å². The van der Waals surface area contributed by atoms with Crippen LogP contribution in [0, 0.1) is 29.6 Å². The fourth-order valence-electron chi connectivity index (χ4n) is 5.06. The molecule has 1 aromatic rings. The van der Waals surface area contributed by atoms with Crippen molar-refractivity contribution in [3.8, 4) is 0 Å². The van der Waals surface area contributed by atoms with Crippen molar-refractivity contribution >= 4 is 11.3 Å². The van der Waals surface area contributed by atoms with Gasteiger partial charge in [-0.2, -0.15) is 0 Å². The second-order valence-electron chi connectivity index (χ2n) is 6.69. The van der Waals surface area contributed by atoms with E-state index in [1.807, 2.05) is 11.7 Å². The molecule has 0 spiro atoms. The number of nitrogens with zero attached hydrogens (tertiary/aromatic N) is 1. The molecule has 4 aliphatic rings. The zero-order valence-corrected chi connectivity index (χ0v) is 11.7. The molecule has 5 rings (SSSR count). The van der Waals surface area contributed by atoms with Gasteiger partial charge in [-0.3, -0.25) is 4.98 Å². The average Bonchev–Trinajstić information content (AvgIpc) is 2.85. The van der Waals surface area contributed by atoms with Crippen LogP contribution in [0.4, 0.5) is 0 Å². The van der Waals surface area contributed by atoms with E-state index in [0.29, 0.717) is 0 Å². The summed E-state index contributed by atoms with van der Waals surface area (Å²) in [5, 5.41) is 3.69. The summed E-state index contributed by atoms with van der Waals surface area (Å²) in [5.74, 6) is 5.28. The highest BCUT2D eigenvalue weighted by molar-refractivity contribution is 7.09. The number of rotatable bonds is 4. The zero-order valence-electron chi connectivity index (χ0n) is 10.8. The van der Waals surface area contributed by atoms with Crippen molar-refractivity contribution in [1.82, 2.24) is 10.3 Å². The Morgan fingerprint density at radius 3 is 2.44 bits per heavy atom. The minimum Gasteiger partial charge on any atom is -0.312 e. The number of thiazole rings is 1. The highest BCUT2D eigenvalue weighted by Crippen LogP contribution is 2.56. The quantitative estimate of drug-likeness (QED) is 0.900. The molecule has 98 valence electrons. The summed E-state index contributed by atoms with van der Waals surface area (Å²) in [5.41, 5.74) is 1.93. The van der Waals surface area contributed by atoms with Crippen molar-refractivity contribution < 1.29 is 0 Å². The SMILES string of the molecule is c1ncc(CNCC2C3CC4CC(C3)CC2C4)s1. The van der Waals surface area contributed by atoms with Gasteiger partial charge in [-0.25, -0.2) is 0 Å². The summed E-state index contributed by atoms with van der Waals surface area (Å²) >= 11 is 1.76. The Morgan fingerprint density at radius 1 is 1.11 bits per heavy atom. The molecular formula is C15H22N2S. The predicted molar refractivity (Wildman–Crippen MR) is 74.4 cm³/mol. The fraction of sp³-hybridized carbons (Fsp3) is 0.800. The number of nitrogens with one attached hydrogen (secondary N) is 1. The monoisotopic (exact) mass is 262 g/mol. The summed E-state index contributed by atoms with van der Waals surface area (Å²) < 4.78 is 0. The van der Waals surface area contributed by atoms with Gasteiger partial charge in [0.05, 0.1) is 5.51 Å². The minimum absolute atomic E-state index is 0.978. The largest absolute Gasteiger partial charge is 0.312 e. The molecule has 3 heteroatoms. The molecule has 4 bridgehead atoms. The lowest BCUT2D eigenvalue weighted by Crippen LogP contribution is -2.48. The van der Waals surface area contributed by atoms with Gasteiger partial charge in [0, 0.05) is 17.6 Å². The summed E-state index contributed by atoms with van der Waals surface area (Å²) in [4.78, 5) is 5.51. The third kappa shape index (κ3) is 2.01. The van der Waals surface area contributed by atoms with E-state index in [1.165, 1.54) is 11.4 Å². The molecule has 0 atom stereocenters. The lowest BCUT2D eigenvalue weighted by Gasteiger charge is -2.54. The molecule has 0 radical (unpaired) electrons. The molecule has 18 heavy (non-hydrogen) atoms. The van der Waals surface area contributed by atoms with E-state index in [1.54, 1.807) is 43.4 Å². The van der Waals surface area contributed by atoms with E-state index in [0.717, 1.165) is 36.1 Å². The van der Waals surface area contributed by atoms with Crippen molar-refractivity contribution in [2.24, 2.45) is 29.6 Å². The molecule has 1 aromatic heterocycles. The molecule has 0 saturated heterocycles. The predicted octanol–water partition coefficient (Wildman–Crippen LogP) is 3.31. The molecule has 4 fully saturated rings. The van der Waals surface area contributed by atoms with Crippen molar-refractivity contribution in [1.29, 1.82) is 0 Å². The minimum atomic E-state index is 0.978. The Bertz CT molecular complexity index is 373. The molecule has 2 nitrogen and oxygen atoms in total. The van der Waals surface area contributed by atoms with Gasteiger partial charge in [0.1, 0.15) is 0 Å². The summed E-state index contributed by atoms with van der Waals surface area (Å²) in [6.45, 7) is 2.26. The third-order valence-corrected chi connectivity index (χ3v) is 6.36. The average molecular weight is 262 g/mol. The van der Waals surface area contributed by atoms with Crippen LogP contribution in [0.5, 0.6) is 0 Å². The first kappa shape index (κ1) is 11.4. The van der Waals surface area contributed by atoms with E-state index in [4.69, 9.17) is 0 Å². The highest BCUT2D eigenvalue weighted by Gasteiger charge is 2.47. The van der Waals surface area contributed by atoms with Crippen LogP contribution in [-0.2, 0) is 6.54 Å². The molecule has 4 saturated carbocycles. The van der Waals surface area contributed by atoms with Gasteiger partial charge in [0.15, 0.2) is 0 Å². The normalized spacial score (nSPS) is 41.4. The lowest BCUT2D eigenvalue weighted by atomic mass is 9.52. The van der Waals surface area contributed by atoms with Gasteiger partial charge in [-0.1, -0.05) is 0 Å². The maximum atomic E-state index is 4.14.